The molecule has 0 aliphatic rings. The fourth-order valence-electron chi connectivity index (χ4n) is 3.49. The Morgan fingerprint density at radius 3 is 2.36 bits per heavy atom. The summed E-state index contributed by atoms with van der Waals surface area (Å²) in [6.45, 7) is 2.35. The molecule has 1 heterocycles. The van der Waals surface area contributed by atoms with Gasteiger partial charge in [0.1, 0.15) is 24.7 Å². The first-order valence-corrected chi connectivity index (χ1v) is 10.7. The minimum absolute atomic E-state index is 0.0871. The van der Waals surface area contributed by atoms with Crippen LogP contribution in [0.4, 0.5) is 5.69 Å². The van der Waals surface area contributed by atoms with Crippen molar-refractivity contribution in [2.75, 3.05) is 19.4 Å². The molecule has 4 rings (SSSR count). The maximum Gasteiger partial charge on any atom is 0.253 e. The zero-order valence-corrected chi connectivity index (χ0v) is 18.9. The van der Waals surface area contributed by atoms with Crippen LogP contribution in [0.3, 0.4) is 0 Å². The van der Waals surface area contributed by atoms with Crippen molar-refractivity contribution in [3.63, 3.8) is 0 Å². The van der Waals surface area contributed by atoms with E-state index in [1.54, 1.807) is 38.4 Å². The van der Waals surface area contributed by atoms with Crippen molar-refractivity contribution in [2.24, 2.45) is 0 Å². The third-order valence-corrected chi connectivity index (χ3v) is 5.25. The van der Waals surface area contributed by atoms with Gasteiger partial charge in [-0.05, 0) is 55.5 Å². The lowest BCUT2D eigenvalue weighted by atomic mass is 10.2. The Kier molecular flexibility index (Phi) is 6.40. The largest absolute Gasteiger partial charge is 0.486 e. The molecule has 0 aliphatic carbocycles. The molecule has 0 spiro atoms. The van der Waals surface area contributed by atoms with Gasteiger partial charge in [-0.25, -0.2) is 4.98 Å². The van der Waals surface area contributed by atoms with Gasteiger partial charge in [0.05, 0.1) is 11.0 Å². The SMILES string of the molecule is Cc1ccc(OCc2nc3ccccc3n2CC(=O)Nc2ccc(C(=O)N(C)C)cc2)cc1. The lowest BCUT2D eigenvalue weighted by Gasteiger charge is -2.12. The second kappa shape index (κ2) is 9.56. The lowest BCUT2D eigenvalue weighted by molar-refractivity contribution is -0.116. The molecule has 33 heavy (non-hydrogen) atoms. The van der Waals surface area contributed by atoms with Crippen LogP contribution in [0.2, 0.25) is 0 Å². The van der Waals surface area contributed by atoms with Crippen molar-refractivity contribution in [1.82, 2.24) is 14.5 Å². The number of aromatic nitrogens is 2. The van der Waals surface area contributed by atoms with E-state index in [0.29, 0.717) is 17.1 Å². The van der Waals surface area contributed by atoms with Gasteiger partial charge in [0.2, 0.25) is 5.91 Å². The van der Waals surface area contributed by atoms with E-state index in [-0.39, 0.29) is 25.0 Å². The number of carbonyl (C=O) groups is 2. The number of anilines is 1. The number of benzene rings is 3. The average molecular weight is 443 g/mol. The number of nitrogens with zero attached hydrogens (tertiary/aromatic N) is 3. The molecular formula is C26H26N4O3. The fraction of sp³-hybridized carbons (Fsp3) is 0.192. The molecule has 3 aromatic carbocycles. The predicted octanol–water partition coefficient (Wildman–Crippen LogP) is 4.26. The molecule has 0 saturated heterocycles. The maximum atomic E-state index is 12.8. The van der Waals surface area contributed by atoms with Gasteiger partial charge in [-0.1, -0.05) is 29.8 Å². The van der Waals surface area contributed by atoms with E-state index in [1.807, 2.05) is 60.0 Å². The molecule has 7 nitrogen and oxygen atoms in total. The number of hydrogen-bond acceptors (Lipinski definition) is 4. The molecule has 1 N–H and O–H groups in total. The van der Waals surface area contributed by atoms with Crippen molar-refractivity contribution in [3.8, 4) is 5.75 Å². The highest BCUT2D eigenvalue weighted by molar-refractivity contribution is 5.95. The molecular weight excluding hydrogens is 416 g/mol. The number of nitrogens with one attached hydrogen (secondary N) is 1. The van der Waals surface area contributed by atoms with Gasteiger partial charge in [-0.15, -0.1) is 0 Å². The van der Waals surface area contributed by atoms with Gasteiger partial charge in [0.15, 0.2) is 0 Å². The first kappa shape index (κ1) is 22.1. The second-order valence-electron chi connectivity index (χ2n) is 8.03. The summed E-state index contributed by atoms with van der Waals surface area (Å²) in [5.41, 5.74) is 4.01. The molecule has 168 valence electrons. The van der Waals surface area contributed by atoms with E-state index < -0.39 is 0 Å². The highest BCUT2D eigenvalue weighted by Crippen LogP contribution is 2.19. The van der Waals surface area contributed by atoms with Crippen molar-refractivity contribution in [2.45, 2.75) is 20.1 Å². The number of imidazole rings is 1. The van der Waals surface area contributed by atoms with Gasteiger partial charge >= 0.3 is 0 Å². The van der Waals surface area contributed by atoms with Crippen LogP contribution in [-0.4, -0.2) is 40.4 Å². The summed E-state index contributed by atoms with van der Waals surface area (Å²) in [7, 11) is 3.40. The van der Waals surface area contributed by atoms with Gasteiger partial charge in [0.25, 0.3) is 5.91 Å². The summed E-state index contributed by atoms with van der Waals surface area (Å²) in [6, 6.07) is 22.4. The fourth-order valence-corrected chi connectivity index (χ4v) is 3.49. The number of aryl methyl sites for hydroxylation is 1. The molecule has 0 bridgehead atoms. The number of para-hydroxylation sites is 2. The topological polar surface area (TPSA) is 76.5 Å². The minimum atomic E-state index is -0.193. The van der Waals surface area contributed by atoms with Crippen molar-refractivity contribution in [3.05, 3.63) is 89.7 Å². The molecule has 2 amide bonds. The van der Waals surface area contributed by atoms with Crippen molar-refractivity contribution >= 4 is 28.5 Å². The highest BCUT2D eigenvalue weighted by atomic mass is 16.5. The number of hydrogen-bond donors (Lipinski definition) is 1. The Balaban J connectivity index is 1.50. The predicted molar refractivity (Wildman–Crippen MR) is 128 cm³/mol. The molecule has 0 saturated carbocycles. The third kappa shape index (κ3) is 5.20. The third-order valence-electron chi connectivity index (χ3n) is 5.25. The van der Waals surface area contributed by atoms with E-state index >= 15 is 0 Å². The number of fused-ring (bicyclic) bond motifs is 1. The highest BCUT2D eigenvalue weighted by Gasteiger charge is 2.15. The van der Waals surface area contributed by atoms with Crippen LogP contribution in [-0.2, 0) is 17.9 Å². The van der Waals surface area contributed by atoms with E-state index in [1.165, 1.54) is 4.90 Å². The molecule has 0 aliphatic heterocycles. The van der Waals surface area contributed by atoms with Crippen LogP contribution in [0.15, 0.2) is 72.8 Å². The molecule has 0 radical (unpaired) electrons. The molecule has 0 unspecified atom stereocenters. The van der Waals surface area contributed by atoms with Crippen LogP contribution in [0.5, 0.6) is 5.75 Å². The lowest BCUT2D eigenvalue weighted by Crippen LogP contribution is -2.22. The van der Waals surface area contributed by atoms with E-state index in [2.05, 4.69) is 10.3 Å². The summed E-state index contributed by atoms with van der Waals surface area (Å²) in [4.78, 5) is 31.1. The molecule has 7 heteroatoms. The summed E-state index contributed by atoms with van der Waals surface area (Å²) >= 11 is 0. The Bertz CT molecular complexity index is 1280. The number of carbonyl (C=O) groups excluding carboxylic acids is 2. The van der Waals surface area contributed by atoms with Gasteiger partial charge in [0, 0.05) is 25.3 Å². The Labute approximate surface area is 192 Å². The Morgan fingerprint density at radius 2 is 1.67 bits per heavy atom. The standard InChI is InChI=1S/C26H26N4O3/c1-18-8-14-21(15-9-18)33-17-24-28-22-6-4-5-7-23(22)30(24)16-25(31)27-20-12-10-19(11-13-20)26(32)29(2)3/h4-15H,16-17H2,1-3H3,(H,27,31). The quantitative estimate of drug-likeness (QED) is 0.464. The van der Waals surface area contributed by atoms with Crippen LogP contribution >= 0.6 is 0 Å². The maximum absolute atomic E-state index is 12.8. The van der Waals surface area contributed by atoms with Crippen LogP contribution in [0, 0.1) is 6.92 Å². The number of ether oxygens (including phenoxy) is 1. The molecule has 4 aromatic rings. The zero-order valence-electron chi connectivity index (χ0n) is 18.9. The first-order valence-electron chi connectivity index (χ1n) is 10.7. The summed E-state index contributed by atoms with van der Waals surface area (Å²) in [5, 5.41) is 2.89. The zero-order chi connectivity index (χ0) is 23.4. The molecule has 0 fully saturated rings. The normalized spacial score (nSPS) is 10.8. The number of amides is 2. The van der Waals surface area contributed by atoms with Crippen LogP contribution in [0.25, 0.3) is 11.0 Å². The van der Waals surface area contributed by atoms with Crippen molar-refractivity contribution in [1.29, 1.82) is 0 Å². The molecule has 1 aromatic heterocycles. The van der Waals surface area contributed by atoms with Crippen molar-refractivity contribution < 1.29 is 14.3 Å². The second-order valence-corrected chi connectivity index (χ2v) is 8.03. The van der Waals surface area contributed by atoms with Crippen LogP contribution < -0.4 is 10.1 Å². The number of rotatable bonds is 7. The van der Waals surface area contributed by atoms with E-state index in [0.717, 1.165) is 22.3 Å². The summed E-state index contributed by atoms with van der Waals surface area (Å²) < 4.78 is 7.78. The minimum Gasteiger partial charge on any atom is -0.486 e. The summed E-state index contributed by atoms with van der Waals surface area (Å²) in [6.07, 6.45) is 0. The van der Waals surface area contributed by atoms with E-state index in [9.17, 15) is 9.59 Å². The monoisotopic (exact) mass is 442 g/mol. The van der Waals surface area contributed by atoms with Crippen LogP contribution in [0.1, 0.15) is 21.7 Å². The van der Waals surface area contributed by atoms with Gasteiger partial charge in [-0.2, -0.15) is 0 Å². The van der Waals surface area contributed by atoms with E-state index in [4.69, 9.17) is 4.74 Å². The van der Waals surface area contributed by atoms with Gasteiger partial charge in [-0.3, -0.25) is 9.59 Å². The smallest absolute Gasteiger partial charge is 0.253 e. The molecule has 0 atom stereocenters. The summed E-state index contributed by atoms with van der Waals surface area (Å²) in [5.74, 6) is 1.13. The first-order chi connectivity index (χ1) is 15.9. The Morgan fingerprint density at radius 1 is 0.970 bits per heavy atom. The Hall–Kier alpha value is -4.13. The average Bonchev–Trinajstić information content (AvgIpc) is 3.16. The van der Waals surface area contributed by atoms with Gasteiger partial charge < -0.3 is 19.5 Å².